The molecule has 1 aromatic carbocycles. The Balaban J connectivity index is -0.000000134. The van der Waals surface area contributed by atoms with Gasteiger partial charge in [0.05, 0.1) is 25.7 Å². The molecule has 0 aliphatic heterocycles. The van der Waals surface area contributed by atoms with E-state index in [0.717, 1.165) is 32.7 Å². The molecule has 0 saturated carbocycles. The lowest BCUT2D eigenvalue weighted by Gasteiger charge is -2.25. The number of methoxy groups -OCH3 is 1. The zero-order valence-electron chi connectivity index (χ0n) is 38.6. The lowest BCUT2D eigenvalue weighted by molar-refractivity contribution is -0.149. The second-order valence-electron chi connectivity index (χ2n) is 15.4. The molecule has 0 aliphatic carbocycles. The second kappa shape index (κ2) is 58.8. The van der Waals surface area contributed by atoms with E-state index in [4.69, 9.17) is 38.6 Å². The van der Waals surface area contributed by atoms with Gasteiger partial charge in [-0.3, -0.25) is 19.2 Å². The summed E-state index contributed by atoms with van der Waals surface area (Å²) >= 11 is 15.6. The van der Waals surface area contributed by atoms with E-state index in [1.54, 1.807) is 68.6 Å². The van der Waals surface area contributed by atoms with Gasteiger partial charge in [-0.1, -0.05) is 180 Å². The first-order chi connectivity index (χ1) is 29.3. The molecule has 1 aromatic rings. The van der Waals surface area contributed by atoms with Crippen LogP contribution in [0.1, 0.15) is 181 Å². The third kappa shape index (κ3) is 49.6. The van der Waals surface area contributed by atoms with Crippen LogP contribution in [0.5, 0.6) is 0 Å². The van der Waals surface area contributed by atoms with Crippen molar-refractivity contribution in [1.82, 2.24) is 9.80 Å². The zero-order valence-corrected chi connectivity index (χ0v) is 42.7. The molecule has 0 aliphatic rings. The smallest absolute Gasteiger partial charge is 0.309 e. The number of hydrogen-bond donors (Lipinski definition) is 0. The number of esters is 1. The first-order valence-electron chi connectivity index (χ1n) is 22.0. The maximum absolute atomic E-state index is 12.8. The molecule has 10 nitrogen and oxygen atoms in total. The van der Waals surface area contributed by atoms with Crippen LogP contribution in [-0.2, 0) is 51.0 Å². The standard InChI is InChI=1S/C24H45NO4S3.C22H33NO4S2.8CH4/c1-5-6-7-8-9-10-11-12-13-14-19-31-24(30)32-20-21(15-16-22(26)25(2)3)23(27)29-18-17-28-4;1-5-18-6-8-19(9-7-18)10-11-20(22(25)23(3)4)14-21(29-17(2)28)15-26-12-13-27-16-24;;;;;;;;/h21H,5-20H2,1-4H3;6-9,16,20-21H,5,10-15H2,1-4H3;8*1H4. The predicted molar refractivity (Wildman–Crippen MR) is 321 cm³/mol. The highest BCUT2D eigenvalue weighted by atomic mass is 32.2. The molecule has 0 aromatic heterocycles. The van der Waals surface area contributed by atoms with Gasteiger partial charge in [0.2, 0.25) is 11.8 Å². The Morgan fingerprint density at radius 1 is 0.696 bits per heavy atom. The molecule has 0 fully saturated rings. The fourth-order valence-corrected chi connectivity index (χ4v) is 9.92. The number of rotatable bonds is 34. The number of carbonyl (C=O) groups is 4. The first kappa shape index (κ1) is 87.0. The van der Waals surface area contributed by atoms with E-state index in [9.17, 15) is 19.2 Å². The Morgan fingerprint density at radius 3 is 1.74 bits per heavy atom. The average molecular weight is 1080 g/mol. The van der Waals surface area contributed by atoms with Crippen LogP contribution in [0.3, 0.4) is 0 Å². The molecule has 15 heteroatoms. The second-order valence-corrected chi connectivity index (χ2v) is 21.1. The topological polar surface area (TPSA) is 112 Å². The van der Waals surface area contributed by atoms with Gasteiger partial charge in [0.25, 0.3) is 6.47 Å². The SMILES string of the molecule is C.C.C.C.C.C.C.C.CCCCCCCCCCCCSC(=S)SCC(CCC(=O)N(C)C)C(=O)OCCOC.CCc1ccc(CCC(CC(COCCOC=O)SC(C)=S)C(=O)N(C)C)cc1. The molecule has 69 heavy (non-hydrogen) atoms. The summed E-state index contributed by atoms with van der Waals surface area (Å²) in [7, 11) is 8.61. The minimum atomic E-state index is -0.336. The number of hydrogen-bond acceptors (Lipinski definition) is 13. The van der Waals surface area contributed by atoms with Crippen molar-refractivity contribution in [3.8, 4) is 0 Å². The van der Waals surface area contributed by atoms with Crippen LogP contribution in [0.15, 0.2) is 24.3 Å². The Labute approximate surface area is 452 Å². The quantitative estimate of drug-likeness (QED) is 0.0283. The number of nitrogens with zero attached hydrogens (tertiary/aromatic N) is 2. The van der Waals surface area contributed by atoms with E-state index in [-0.39, 0.29) is 107 Å². The van der Waals surface area contributed by atoms with Crippen molar-refractivity contribution in [2.45, 2.75) is 188 Å². The number of benzene rings is 1. The van der Waals surface area contributed by atoms with Crippen LogP contribution in [0.4, 0.5) is 0 Å². The number of aryl methyl sites for hydroxylation is 2. The Morgan fingerprint density at radius 2 is 1.25 bits per heavy atom. The summed E-state index contributed by atoms with van der Waals surface area (Å²) < 4.78 is 22.2. The fourth-order valence-electron chi connectivity index (χ4n) is 6.15. The molecule has 1 rings (SSSR count). The van der Waals surface area contributed by atoms with Gasteiger partial charge in [0.15, 0.2) is 0 Å². The van der Waals surface area contributed by atoms with E-state index in [0.29, 0.717) is 51.3 Å². The molecule has 414 valence electrons. The minimum absolute atomic E-state index is 0. The lowest BCUT2D eigenvalue weighted by Crippen LogP contribution is -2.33. The van der Waals surface area contributed by atoms with Gasteiger partial charge in [0, 0.05) is 62.8 Å². The van der Waals surface area contributed by atoms with Crippen molar-refractivity contribution in [3.63, 3.8) is 0 Å². The van der Waals surface area contributed by atoms with Crippen LogP contribution in [0.25, 0.3) is 0 Å². The summed E-state index contributed by atoms with van der Waals surface area (Å²) in [5, 5.41) is 0.0834. The summed E-state index contributed by atoms with van der Waals surface area (Å²) in [6.07, 6.45) is 17.5. The Bertz CT molecular complexity index is 1340. The van der Waals surface area contributed by atoms with Crippen molar-refractivity contribution < 1.29 is 38.1 Å². The van der Waals surface area contributed by atoms with Gasteiger partial charge in [-0.2, -0.15) is 0 Å². The number of unbranched alkanes of at least 4 members (excludes halogenated alkanes) is 9. The molecule has 0 heterocycles. The maximum atomic E-state index is 12.8. The first-order valence-corrected chi connectivity index (χ1v) is 25.7. The molecule has 0 N–H and O–H groups in total. The van der Waals surface area contributed by atoms with Gasteiger partial charge in [-0.05, 0) is 62.3 Å². The summed E-state index contributed by atoms with van der Waals surface area (Å²) in [5.41, 5.74) is 2.56. The highest BCUT2D eigenvalue weighted by molar-refractivity contribution is 8.47. The van der Waals surface area contributed by atoms with Crippen molar-refractivity contribution in [3.05, 3.63) is 35.4 Å². The maximum Gasteiger partial charge on any atom is 0.309 e. The molecule has 0 saturated heterocycles. The molecule has 0 radical (unpaired) electrons. The summed E-state index contributed by atoms with van der Waals surface area (Å²) in [4.78, 5) is 50.5. The molecule has 0 spiro atoms. The molecule has 3 atom stereocenters. The number of carbonyl (C=O) groups excluding carboxylic acids is 4. The molecular weight excluding hydrogens is 965 g/mol. The van der Waals surface area contributed by atoms with E-state index < -0.39 is 0 Å². The van der Waals surface area contributed by atoms with Gasteiger partial charge >= 0.3 is 5.97 Å². The average Bonchev–Trinajstić information content (AvgIpc) is 3.23. The monoisotopic (exact) mass is 1070 g/mol. The van der Waals surface area contributed by atoms with E-state index >= 15 is 0 Å². The highest BCUT2D eigenvalue weighted by Gasteiger charge is 2.26. The molecule has 0 bridgehead atoms. The summed E-state index contributed by atoms with van der Waals surface area (Å²) in [6.45, 7) is 8.33. The number of thiocarbonyl (C=S) groups is 2. The van der Waals surface area contributed by atoms with Crippen LogP contribution >= 0.6 is 59.7 Å². The zero-order chi connectivity index (χ0) is 45.7. The van der Waals surface area contributed by atoms with Gasteiger partial charge in [0.1, 0.15) is 16.7 Å². The van der Waals surface area contributed by atoms with Crippen LogP contribution in [0, 0.1) is 11.8 Å². The summed E-state index contributed by atoms with van der Waals surface area (Å²) in [6, 6.07) is 8.61. The van der Waals surface area contributed by atoms with Gasteiger partial charge in [-0.25, -0.2) is 0 Å². The van der Waals surface area contributed by atoms with Crippen molar-refractivity contribution in [2.75, 3.05) is 79.8 Å². The molecule has 2 amide bonds. The highest BCUT2D eigenvalue weighted by Crippen LogP contribution is 2.27. The third-order valence-electron chi connectivity index (χ3n) is 9.79. The van der Waals surface area contributed by atoms with Crippen LogP contribution in [-0.4, -0.2) is 127 Å². The number of ether oxygens (including phenoxy) is 4. The Kier molecular flexibility index (Phi) is 74.2. The van der Waals surface area contributed by atoms with E-state index in [1.807, 2.05) is 6.92 Å². The van der Waals surface area contributed by atoms with Crippen molar-refractivity contribution >= 4 is 91.7 Å². The van der Waals surface area contributed by atoms with Crippen molar-refractivity contribution in [1.29, 1.82) is 0 Å². The molecule has 3 unspecified atom stereocenters. The fraction of sp³-hybridized carbons (Fsp3) is 0.778. The largest absolute Gasteiger partial charge is 0.465 e. The van der Waals surface area contributed by atoms with Crippen LogP contribution < -0.4 is 0 Å². The Hall–Kier alpha value is -1.75. The normalized spacial score (nSPS) is 10.9. The van der Waals surface area contributed by atoms with Crippen molar-refractivity contribution in [2.24, 2.45) is 11.8 Å². The molecular formula is C54H110N2O8S5. The lowest BCUT2D eigenvalue weighted by atomic mass is 9.93. The predicted octanol–water partition coefficient (Wildman–Crippen LogP) is 15.3. The van der Waals surface area contributed by atoms with E-state index in [1.165, 1.54) is 87.1 Å². The number of amides is 2. The van der Waals surface area contributed by atoms with Crippen LogP contribution in [0.2, 0.25) is 0 Å². The summed E-state index contributed by atoms with van der Waals surface area (Å²) in [5.74, 6) is 1.02. The van der Waals surface area contributed by atoms with Gasteiger partial charge in [-0.15, -0.1) is 35.3 Å². The minimum Gasteiger partial charge on any atom is -0.465 e. The van der Waals surface area contributed by atoms with E-state index in [2.05, 4.69) is 42.8 Å². The van der Waals surface area contributed by atoms with Gasteiger partial charge < -0.3 is 28.7 Å². The number of thioether (sulfide) groups is 3. The third-order valence-corrected chi connectivity index (χ3v) is 14.0.